The minimum absolute atomic E-state index is 0.221. The summed E-state index contributed by atoms with van der Waals surface area (Å²) in [5.41, 5.74) is 3.26. The predicted octanol–water partition coefficient (Wildman–Crippen LogP) is 4.07. The van der Waals surface area contributed by atoms with E-state index < -0.39 is 0 Å². The summed E-state index contributed by atoms with van der Waals surface area (Å²) in [7, 11) is 0. The van der Waals surface area contributed by atoms with E-state index in [-0.39, 0.29) is 11.5 Å². The number of rotatable bonds is 2. The van der Waals surface area contributed by atoms with Crippen LogP contribution in [-0.2, 0) is 13.0 Å². The van der Waals surface area contributed by atoms with Crippen LogP contribution in [0.1, 0.15) is 70.2 Å². The van der Waals surface area contributed by atoms with Gasteiger partial charge in [0.15, 0.2) is 0 Å². The third kappa shape index (κ3) is 2.47. The van der Waals surface area contributed by atoms with Gasteiger partial charge in [-0.15, -0.1) is 0 Å². The molecule has 1 aromatic heterocycles. The Morgan fingerprint density at radius 3 is 2.63 bits per heavy atom. The minimum atomic E-state index is -0.267. The van der Waals surface area contributed by atoms with Gasteiger partial charge in [0.05, 0.1) is 6.10 Å². The van der Waals surface area contributed by atoms with Gasteiger partial charge in [-0.1, -0.05) is 33.6 Å². The summed E-state index contributed by atoms with van der Waals surface area (Å²) in [6, 6.07) is 2.15. The topological polar surface area (TPSA) is 25.2 Å². The molecule has 1 saturated carbocycles. The van der Waals surface area contributed by atoms with Crippen molar-refractivity contribution < 1.29 is 5.11 Å². The maximum Gasteiger partial charge on any atom is 0.0812 e. The van der Waals surface area contributed by atoms with Gasteiger partial charge in [0.2, 0.25) is 0 Å². The molecule has 106 valence electrons. The predicted molar refractivity (Wildman–Crippen MR) is 78.1 cm³/mol. The molecule has 1 aromatic rings. The number of nitrogens with zero attached hydrogens (tertiary/aromatic N) is 1. The van der Waals surface area contributed by atoms with Gasteiger partial charge in [0.25, 0.3) is 0 Å². The second kappa shape index (κ2) is 4.37. The van der Waals surface area contributed by atoms with Crippen LogP contribution in [0.4, 0.5) is 0 Å². The van der Waals surface area contributed by atoms with E-state index in [1.54, 1.807) is 0 Å². The first kappa shape index (κ1) is 13.2. The highest BCUT2D eigenvalue weighted by Gasteiger charge is 2.35. The highest BCUT2D eigenvalue weighted by molar-refractivity contribution is 5.29. The van der Waals surface area contributed by atoms with Crippen LogP contribution in [0.3, 0.4) is 0 Å². The van der Waals surface area contributed by atoms with Gasteiger partial charge in [-0.25, -0.2) is 0 Å². The van der Waals surface area contributed by atoms with Gasteiger partial charge in [-0.2, -0.15) is 0 Å². The normalized spacial score (nSPS) is 28.3. The molecule has 0 radical (unpaired) electrons. The molecule has 0 aromatic carbocycles. The number of hydrogen-bond donors (Lipinski definition) is 1. The zero-order valence-electron chi connectivity index (χ0n) is 12.6. The fourth-order valence-electron chi connectivity index (χ4n) is 4.13. The van der Waals surface area contributed by atoms with Gasteiger partial charge in [0, 0.05) is 24.0 Å². The van der Waals surface area contributed by atoms with Crippen LogP contribution in [0.15, 0.2) is 12.3 Å². The molecule has 0 bridgehead atoms. The maximum absolute atomic E-state index is 10.3. The molecular weight excluding hydrogens is 234 g/mol. The van der Waals surface area contributed by atoms with E-state index in [9.17, 15) is 5.11 Å². The first-order chi connectivity index (χ1) is 8.89. The van der Waals surface area contributed by atoms with Gasteiger partial charge >= 0.3 is 0 Å². The van der Waals surface area contributed by atoms with Crippen molar-refractivity contribution in [1.29, 1.82) is 0 Å². The largest absolute Gasteiger partial charge is 0.388 e. The molecule has 2 heteroatoms. The smallest absolute Gasteiger partial charge is 0.0812 e. The summed E-state index contributed by atoms with van der Waals surface area (Å²) < 4.78 is 2.44. The molecule has 1 N–H and O–H groups in total. The van der Waals surface area contributed by atoms with Crippen LogP contribution >= 0.6 is 0 Å². The molecule has 1 fully saturated rings. The molecule has 2 nitrogen and oxygen atoms in total. The lowest BCUT2D eigenvalue weighted by molar-refractivity contribution is 0.0970. The van der Waals surface area contributed by atoms with Gasteiger partial charge < -0.3 is 9.67 Å². The van der Waals surface area contributed by atoms with Crippen molar-refractivity contribution in [2.24, 2.45) is 10.8 Å². The number of hydrogen-bond acceptors (Lipinski definition) is 1. The van der Waals surface area contributed by atoms with E-state index in [1.165, 1.54) is 36.9 Å². The van der Waals surface area contributed by atoms with Gasteiger partial charge in [-0.3, -0.25) is 0 Å². The molecule has 19 heavy (non-hydrogen) atoms. The van der Waals surface area contributed by atoms with Crippen LogP contribution in [0.5, 0.6) is 0 Å². The van der Waals surface area contributed by atoms with Crippen LogP contribution < -0.4 is 0 Å². The Hall–Kier alpha value is -0.760. The lowest BCUT2D eigenvalue weighted by Gasteiger charge is -2.35. The lowest BCUT2D eigenvalue weighted by Crippen LogP contribution is -2.28. The van der Waals surface area contributed by atoms with Crippen molar-refractivity contribution in [3.8, 4) is 0 Å². The van der Waals surface area contributed by atoms with E-state index in [2.05, 4.69) is 37.6 Å². The second-order valence-electron chi connectivity index (χ2n) is 7.92. The van der Waals surface area contributed by atoms with Gasteiger partial charge in [-0.05, 0) is 42.6 Å². The molecular formula is C17H27NO. The van der Waals surface area contributed by atoms with Crippen LogP contribution in [0.25, 0.3) is 0 Å². The molecule has 1 atom stereocenters. The maximum atomic E-state index is 10.3. The monoisotopic (exact) mass is 261 g/mol. The van der Waals surface area contributed by atoms with Crippen LogP contribution in [0, 0.1) is 10.8 Å². The standard InChI is InChI=1S/C17H27NO/c1-16(2)10-14-13(15(19)11-16)6-9-18(14)12-17(3)7-4-5-8-17/h6,9,15,19H,4-5,7-8,10-12H2,1-3H3. The Kier molecular flexibility index (Phi) is 3.05. The fraction of sp³-hybridized carbons (Fsp3) is 0.765. The van der Waals surface area contributed by atoms with E-state index in [4.69, 9.17) is 0 Å². The molecule has 0 saturated heterocycles. The summed E-state index contributed by atoms with van der Waals surface area (Å²) in [4.78, 5) is 0. The molecule has 1 heterocycles. The van der Waals surface area contributed by atoms with Crippen LogP contribution in [-0.4, -0.2) is 9.67 Å². The van der Waals surface area contributed by atoms with Crippen molar-refractivity contribution in [3.05, 3.63) is 23.5 Å². The van der Waals surface area contributed by atoms with Crippen molar-refractivity contribution in [2.45, 2.75) is 71.9 Å². The molecule has 0 aliphatic heterocycles. The molecule has 2 aliphatic carbocycles. The molecule has 1 unspecified atom stereocenters. The molecule has 0 spiro atoms. The number of fused-ring (bicyclic) bond motifs is 1. The van der Waals surface area contributed by atoms with Crippen molar-refractivity contribution >= 4 is 0 Å². The Morgan fingerprint density at radius 1 is 1.26 bits per heavy atom. The summed E-state index contributed by atoms with van der Waals surface area (Å²) in [5.74, 6) is 0. The summed E-state index contributed by atoms with van der Waals surface area (Å²) >= 11 is 0. The third-order valence-corrected chi connectivity index (χ3v) is 5.23. The Morgan fingerprint density at radius 2 is 1.95 bits per heavy atom. The average Bonchev–Trinajstić information content (AvgIpc) is 2.86. The van der Waals surface area contributed by atoms with E-state index in [0.29, 0.717) is 5.41 Å². The van der Waals surface area contributed by atoms with Crippen molar-refractivity contribution in [2.75, 3.05) is 0 Å². The minimum Gasteiger partial charge on any atom is -0.388 e. The lowest BCUT2D eigenvalue weighted by atomic mass is 9.75. The second-order valence-corrected chi connectivity index (χ2v) is 7.92. The zero-order chi connectivity index (χ0) is 13.7. The summed E-state index contributed by atoms with van der Waals surface area (Å²) in [5, 5.41) is 10.3. The van der Waals surface area contributed by atoms with Gasteiger partial charge in [0.1, 0.15) is 0 Å². The van der Waals surface area contributed by atoms with Crippen LogP contribution in [0.2, 0.25) is 0 Å². The van der Waals surface area contributed by atoms with E-state index >= 15 is 0 Å². The van der Waals surface area contributed by atoms with Crippen molar-refractivity contribution in [3.63, 3.8) is 0 Å². The Bertz CT molecular complexity index is 466. The average molecular weight is 261 g/mol. The number of aliphatic hydroxyl groups is 1. The Balaban J connectivity index is 1.88. The molecule has 3 rings (SSSR count). The van der Waals surface area contributed by atoms with E-state index in [0.717, 1.165) is 19.4 Å². The zero-order valence-corrected chi connectivity index (χ0v) is 12.6. The quantitative estimate of drug-likeness (QED) is 0.853. The number of aromatic nitrogens is 1. The summed E-state index contributed by atoms with van der Waals surface area (Å²) in [6.07, 6.45) is 9.40. The highest BCUT2D eigenvalue weighted by atomic mass is 16.3. The SMILES string of the molecule is CC1(C)Cc2c(ccn2CC2(C)CCCC2)C(O)C1. The third-order valence-electron chi connectivity index (χ3n) is 5.23. The first-order valence-electron chi connectivity index (χ1n) is 7.75. The molecule has 0 amide bonds. The number of aliphatic hydroxyl groups excluding tert-OH is 1. The molecule has 2 aliphatic rings. The Labute approximate surface area is 116 Å². The summed E-state index contributed by atoms with van der Waals surface area (Å²) in [6.45, 7) is 8.10. The van der Waals surface area contributed by atoms with Crippen molar-refractivity contribution in [1.82, 2.24) is 4.57 Å². The first-order valence-corrected chi connectivity index (χ1v) is 7.75. The highest BCUT2D eigenvalue weighted by Crippen LogP contribution is 2.43. The fourth-order valence-corrected chi connectivity index (χ4v) is 4.13. The van der Waals surface area contributed by atoms with E-state index in [1.807, 2.05) is 0 Å².